The number of hydrogen-bond donors (Lipinski definition) is 2. The predicted molar refractivity (Wildman–Crippen MR) is 59.6 cm³/mol. The van der Waals surface area contributed by atoms with Crippen molar-refractivity contribution in [1.29, 1.82) is 0 Å². The monoisotopic (exact) mass is 214 g/mol. The van der Waals surface area contributed by atoms with E-state index in [0.29, 0.717) is 12.6 Å². The number of rotatable bonds is 4. The zero-order valence-corrected chi connectivity index (χ0v) is 9.70. The molecule has 0 aromatic heterocycles. The van der Waals surface area contributed by atoms with E-state index in [0.717, 1.165) is 12.8 Å². The van der Waals surface area contributed by atoms with Gasteiger partial charge >= 0.3 is 0 Å². The molecule has 0 aliphatic heterocycles. The predicted octanol–water partition coefficient (Wildman–Crippen LogP) is 0.358. The molecule has 2 atom stereocenters. The van der Waals surface area contributed by atoms with Gasteiger partial charge in [0.05, 0.1) is 6.61 Å². The van der Waals surface area contributed by atoms with Crippen LogP contribution in [0, 0.1) is 0 Å². The number of aliphatic hydroxyl groups excluding tert-OH is 1. The number of carbonyl (C=O) groups is 1. The smallest absolute Gasteiger partial charge is 0.217 e. The van der Waals surface area contributed by atoms with Crippen molar-refractivity contribution in [1.82, 2.24) is 10.2 Å². The highest BCUT2D eigenvalue weighted by Crippen LogP contribution is 2.22. The van der Waals surface area contributed by atoms with Gasteiger partial charge in [-0.1, -0.05) is 12.8 Å². The lowest BCUT2D eigenvalue weighted by Gasteiger charge is -2.38. The van der Waals surface area contributed by atoms with Crippen molar-refractivity contribution >= 4 is 5.91 Å². The summed E-state index contributed by atoms with van der Waals surface area (Å²) in [7, 11) is 2.01. The Labute approximate surface area is 91.6 Å². The van der Waals surface area contributed by atoms with Crippen LogP contribution in [0.5, 0.6) is 0 Å². The van der Waals surface area contributed by atoms with E-state index < -0.39 is 0 Å². The Morgan fingerprint density at radius 2 is 2.13 bits per heavy atom. The second-order valence-electron chi connectivity index (χ2n) is 4.36. The first-order valence-corrected chi connectivity index (χ1v) is 5.73. The molecule has 1 saturated carbocycles. The number of nitrogens with zero attached hydrogens (tertiary/aromatic N) is 1. The summed E-state index contributed by atoms with van der Waals surface area (Å²) < 4.78 is 0. The molecule has 4 nitrogen and oxygen atoms in total. The van der Waals surface area contributed by atoms with Gasteiger partial charge in [-0.3, -0.25) is 9.69 Å². The SMILES string of the molecule is CC(=O)N[C@H]1CCCC[C@@H]1N(C)CCO. The Morgan fingerprint density at radius 3 is 2.73 bits per heavy atom. The van der Waals surface area contributed by atoms with Crippen LogP contribution in [-0.2, 0) is 4.79 Å². The minimum atomic E-state index is 0.0456. The number of amides is 1. The molecule has 88 valence electrons. The average Bonchev–Trinajstić information content (AvgIpc) is 2.18. The summed E-state index contributed by atoms with van der Waals surface area (Å²) in [5.41, 5.74) is 0. The van der Waals surface area contributed by atoms with Crippen molar-refractivity contribution in [2.45, 2.75) is 44.7 Å². The van der Waals surface area contributed by atoms with Crippen LogP contribution in [-0.4, -0.2) is 48.2 Å². The Balaban J connectivity index is 2.52. The lowest BCUT2D eigenvalue weighted by molar-refractivity contribution is -0.120. The summed E-state index contributed by atoms with van der Waals surface area (Å²) in [6, 6.07) is 0.641. The third-order valence-corrected chi connectivity index (χ3v) is 3.14. The van der Waals surface area contributed by atoms with Crippen LogP contribution >= 0.6 is 0 Å². The number of nitrogens with one attached hydrogen (secondary N) is 1. The van der Waals surface area contributed by atoms with Crippen molar-refractivity contribution in [2.24, 2.45) is 0 Å². The zero-order chi connectivity index (χ0) is 11.3. The second kappa shape index (κ2) is 6.08. The fourth-order valence-electron chi connectivity index (χ4n) is 2.39. The molecule has 0 bridgehead atoms. The topological polar surface area (TPSA) is 52.6 Å². The van der Waals surface area contributed by atoms with E-state index in [1.54, 1.807) is 6.92 Å². The number of aliphatic hydroxyl groups is 1. The number of carbonyl (C=O) groups excluding carboxylic acids is 1. The van der Waals surface area contributed by atoms with Crippen molar-refractivity contribution in [2.75, 3.05) is 20.2 Å². The molecular formula is C11H22N2O2. The molecule has 1 aliphatic carbocycles. The summed E-state index contributed by atoms with van der Waals surface area (Å²) >= 11 is 0. The highest BCUT2D eigenvalue weighted by molar-refractivity contribution is 5.73. The molecule has 0 heterocycles. The molecule has 0 saturated heterocycles. The van der Waals surface area contributed by atoms with Gasteiger partial charge in [0.2, 0.25) is 5.91 Å². The lowest BCUT2D eigenvalue weighted by atomic mass is 9.89. The van der Waals surface area contributed by atoms with Gasteiger partial charge in [-0.15, -0.1) is 0 Å². The molecule has 1 amide bonds. The molecule has 1 fully saturated rings. The first kappa shape index (κ1) is 12.5. The molecular weight excluding hydrogens is 192 g/mol. The fourth-order valence-corrected chi connectivity index (χ4v) is 2.39. The van der Waals surface area contributed by atoms with E-state index >= 15 is 0 Å². The van der Waals surface area contributed by atoms with Gasteiger partial charge in [0.15, 0.2) is 0 Å². The largest absolute Gasteiger partial charge is 0.395 e. The fraction of sp³-hybridized carbons (Fsp3) is 0.909. The number of hydrogen-bond acceptors (Lipinski definition) is 3. The second-order valence-corrected chi connectivity index (χ2v) is 4.36. The molecule has 4 heteroatoms. The molecule has 15 heavy (non-hydrogen) atoms. The minimum absolute atomic E-state index is 0.0456. The summed E-state index contributed by atoms with van der Waals surface area (Å²) in [6.45, 7) is 2.43. The van der Waals surface area contributed by atoms with Gasteiger partial charge in [-0.05, 0) is 19.9 Å². The summed E-state index contributed by atoms with van der Waals surface area (Å²) in [5.74, 6) is 0.0456. The molecule has 1 aliphatic rings. The highest BCUT2D eigenvalue weighted by Gasteiger charge is 2.28. The van der Waals surface area contributed by atoms with E-state index in [1.807, 2.05) is 7.05 Å². The molecule has 2 N–H and O–H groups in total. The van der Waals surface area contributed by atoms with Gasteiger partial charge in [-0.2, -0.15) is 0 Å². The van der Waals surface area contributed by atoms with Crippen LogP contribution < -0.4 is 5.32 Å². The third kappa shape index (κ3) is 3.80. The first-order chi connectivity index (χ1) is 7.15. The summed E-state index contributed by atoms with van der Waals surface area (Å²) in [6.07, 6.45) is 4.58. The molecule has 0 spiro atoms. The molecule has 0 aromatic rings. The van der Waals surface area contributed by atoms with Gasteiger partial charge < -0.3 is 10.4 Å². The van der Waals surface area contributed by atoms with Crippen LogP contribution in [0.25, 0.3) is 0 Å². The highest BCUT2D eigenvalue weighted by atomic mass is 16.3. The van der Waals surface area contributed by atoms with Crippen LogP contribution in [0.3, 0.4) is 0 Å². The molecule has 0 radical (unpaired) electrons. The van der Waals surface area contributed by atoms with Crippen LogP contribution in [0.2, 0.25) is 0 Å². The van der Waals surface area contributed by atoms with E-state index in [1.165, 1.54) is 12.8 Å². The van der Waals surface area contributed by atoms with E-state index in [2.05, 4.69) is 10.2 Å². The van der Waals surface area contributed by atoms with E-state index in [4.69, 9.17) is 5.11 Å². The maximum absolute atomic E-state index is 11.1. The van der Waals surface area contributed by atoms with Gasteiger partial charge in [0.1, 0.15) is 0 Å². The Bertz CT molecular complexity index is 209. The summed E-state index contributed by atoms with van der Waals surface area (Å²) in [4.78, 5) is 13.2. The third-order valence-electron chi connectivity index (χ3n) is 3.14. The summed E-state index contributed by atoms with van der Waals surface area (Å²) in [5, 5.41) is 11.9. The normalized spacial score (nSPS) is 26.7. The molecule has 0 aromatic carbocycles. The molecule has 0 unspecified atom stereocenters. The number of likely N-dealkylation sites (N-methyl/N-ethyl adjacent to an activating group) is 1. The van der Waals surface area contributed by atoms with Crippen molar-refractivity contribution < 1.29 is 9.90 Å². The standard InChI is InChI=1S/C11H22N2O2/c1-9(15)12-10-5-3-4-6-11(10)13(2)7-8-14/h10-11,14H,3-8H2,1-2H3,(H,12,15)/t10-,11-/m0/s1. The molecule has 1 rings (SSSR count). The van der Waals surface area contributed by atoms with Crippen LogP contribution in [0.15, 0.2) is 0 Å². The maximum atomic E-state index is 11.1. The lowest BCUT2D eigenvalue weighted by Crippen LogP contribution is -2.52. The van der Waals surface area contributed by atoms with Crippen molar-refractivity contribution in [3.8, 4) is 0 Å². The van der Waals surface area contributed by atoms with E-state index in [9.17, 15) is 4.79 Å². The van der Waals surface area contributed by atoms with Gasteiger partial charge in [0.25, 0.3) is 0 Å². The quantitative estimate of drug-likeness (QED) is 0.710. The minimum Gasteiger partial charge on any atom is -0.395 e. The van der Waals surface area contributed by atoms with Gasteiger partial charge in [0, 0.05) is 25.6 Å². The first-order valence-electron chi connectivity index (χ1n) is 5.73. The van der Waals surface area contributed by atoms with Gasteiger partial charge in [-0.25, -0.2) is 0 Å². The Morgan fingerprint density at radius 1 is 1.47 bits per heavy atom. The zero-order valence-electron chi connectivity index (χ0n) is 9.70. The Hall–Kier alpha value is -0.610. The maximum Gasteiger partial charge on any atom is 0.217 e. The van der Waals surface area contributed by atoms with Crippen molar-refractivity contribution in [3.63, 3.8) is 0 Å². The Kier molecular flexibility index (Phi) is 5.05. The van der Waals surface area contributed by atoms with E-state index in [-0.39, 0.29) is 18.6 Å². The average molecular weight is 214 g/mol. The van der Waals surface area contributed by atoms with Crippen LogP contribution in [0.1, 0.15) is 32.6 Å². The van der Waals surface area contributed by atoms with Crippen LogP contribution in [0.4, 0.5) is 0 Å². The van der Waals surface area contributed by atoms with Crippen molar-refractivity contribution in [3.05, 3.63) is 0 Å².